The van der Waals surface area contributed by atoms with E-state index in [0.29, 0.717) is 11.5 Å². The fraction of sp³-hybridized carbons (Fsp3) is 0.182. The number of rotatable bonds is 3. The Morgan fingerprint density at radius 1 is 1.16 bits per heavy atom. The molecule has 1 aromatic carbocycles. The number of anilines is 1. The van der Waals surface area contributed by atoms with Gasteiger partial charge >= 0.3 is 0 Å². The lowest BCUT2D eigenvalue weighted by atomic mass is 9.77. The number of nitrogens with zero attached hydrogens (tertiary/aromatic N) is 4. The maximum Gasteiger partial charge on any atom is 0.239 e. The molecule has 4 aromatic rings. The SMILES string of the molecule is CN1C(=O)[C@@H](c2ccc3occc3c2)[C@@](C)(c2cc(-c3cnc(N)cn3)cs2)N=C1N. The number of aromatic nitrogens is 2. The molecule has 5 rings (SSSR count). The van der Waals surface area contributed by atoms with Crippen LogP contribution >= 0.6 is 11.3 Å². The minimum Gasteiger partial charge on any atom is -0.464 e. The third-order valence-electron chi connectivity index (χ3n) is 5.71. The van der Waals surface area contributed by atoms with Crippen molar-refractivity contribution in [3.63, 3.8) is 0 Å². The first-order chi connectivity index (χ1) is 14.9. The number of hydrogen-bond acceptors (Lipinski definition) is 8. The number of guanidine groups is 1. The summed E-state index contributed by atoms with van der Waals surface area (Å²) in [5, 5.41) is 2.91. The molecule has 0 saturated heterocycles. The summed E-state index contributed by atoms with van der Waals surface area (Å²) in [6.45, 7) is 1.94. The maximum atomic E-state index is 13.4. The molecule has 4 N–H and O–H groups in total. The number of benzene rings is 1. The highest BCUT2D eigenvalue weighted by molar-refractivity contribution is 7.10. The molecule has 1 amide bonds. The van der Waals surface area contributed by atoms with Crippen LogP contribution in [0.3, 0.4) is 0 Å². The summed E-state index contributed by atoms with van der Waals surface area (Å²) in [5.41, 5.74) is 14.1. The summed E-state index contributed by atoms with van der Waals surface area (Å²) in [6.07, 6.45) is 4.79. The van der Waals surface area contributed by atoms with Crippen LogP contribution in [0.5, 0.6) is 0 Å². The number of likely N-dealkylation sites (N-methyl/N-ethyl adjacent to an activating group) is 1. The maximum absolute atomic E-state index is 13.4. The highest BCUT2D eigenvalue weighted by Crippen LogP contribution is 2.47. The lowest BCUT2D eigenvalue weighted by Gasteiger charge is -2.40. The second-order valence-corrected chi connectivity index (χ2v) is 8.60. The van der Waals surface area contributed by atoms with Gasteiger partial charge in [0.15, 0.2) is 5.96 Å². The van der Waals surface area contributed by atoms with Crippen molar-refractivity contribution in [2.45, 2.75) is 18.4 Å². The predicted molar refractivity (Wildman–Crippen MR) is 120 cm³/mol. The van der Waals surface area contributed by atoms with E-state index in [0.717, 1.165) is 27.0 Å². The number of aliphatic imine (C=N–C) groups is 1. The minimum atomic E-state index is -0.880. The van der Waals surface area contributed by atoms with E-state index in [-0.39, 0.29) is 11.9 Å². The fourth-order valence-electron chi connectivity index (χ4n) is 3.98. The molecule has 156 valence electrons. The average molecular weight is 433 g/mol. The molecule has 9 heteroatoms. The van der Waals surface area contributed by atoms with Crippen LogP contribution in [0.4, 0.5) is 5.82 Å². The Balaban J connectivity index is 1.64. The first-order valence-corrected chi connectivity index (χ1v) is 10.5. The third kappa shape index (κ3) is 3.05. The molecule has 1 aliphatic rings. The highest BCUT2D eigenvalue weighted by Gasteiger charge is 2.48. The van der Waals surface area contributed by atoms with Crippen molar-refractivity contribution in [3.8, 4) is 11.3 Å². The zero-order valence-electron chi connectivity index (χ0n) is 16.9. The molecule has 4 heterocycles. The molecule has 8 nitrogen and oxygen atoms in total. The Hall–Kier alpha value is -3.72. The van der Waals surface area contributed by atoms with E-state index in [1.165, 1.54) is 22.4 Å². The van der Waals surface area contributed by atoms with Crippen molar-refractivity contribution in [2.75, 3.05) is 12.8 Å². The molecule has 3 aromatic heterocycles. The van der Waals surface area contributed by atoms with E-state index in [9.17, 15) is 4.79 Å². The summed E-state index contributed by atoms with van der Waals surface area (Å²) in [6, 6.07) is 9.64. The number of carbonyl (C=O) groups is 1. The summed E-state index contributed by atoms with van der Waals surface area (Å²) < 4.78 is 5.46. The molecule has 2 atom stereocenters. The molecule has 0 fully saturated rings. The van der Waals surface area contributed by atoms with Crippen LogP contribution in [0.15, 0.2) is 63.8 Å². The second kappa shape index (κ2) is 6.92. The van der Waals surface area contributed by atoms with Gasteiger partial charge in [-0.1, -0.05) is 6.07 Å². The Bertz CT molecular complexity index is 1330. The molecule has 0 aliphatic carbocycles. The molecule has 1 aliphatic heterocycles. The van der Waals surface area contributed by atoms with Gasteiger partial charge in [0.1, 0.15) is 16.9 Å². The molecule has 31 heavy (non-hydrogen) atoms. The molecule has 0 spiro atoms. The fourth-order valence-corrected chi connectivity index (χ4v) is 5.02. The van der Waals surface area contributed by atoms with Crippen molar-refractivity contribution in [1.29, 1.82) is 0 Å². The summed E-state index contributed by atoms with van der Waals surface area (Å²) >= 11 is 1.51. The normalized spacial score (nSPS) is 21.5. The number of nitrogen functional groups attached to an aromatic ring is 1. The monoisotopic (exact) mass is 432 g/mol. The van der Waals surface area contributed by atoms with Gasteiger partial charge in [-0.2, -0.15) is 0 Å². The molecule has 0 saturated carbocycles. The van der Waals surface area contributed by atoms with Gasteiger partial charge in [0.25, 0.3) is 0 Å². The summed E-state index contributed by atoms with van der Waals surface area (Å²) in [5.74, 6) is -0.109. The van der Waals surface area contributed by atoms with Crippen LogP contribution in [0.25, 0.3) is 22.2 Å². The van der Waals surface area contributed by atoms with E-state index in [2.05, 4.69) is 9.97 Å². The van der Waals surface area contributed by atoms with Crippen LogP contribution in [0.1, 0.15) is 23.3 Å². The lowest BCUT2D eigenvalue weighted by molar-refractivity contribution is -0.130. The third-order valence-corrected chi connectivity index (χ3v) is 6.86. The van der Waals surface area contributed by atoms with Gasteiger partial charge in [0.05, 0.1) is 30.3 Å². The molecular formula is C22H20N6O2S. The standard InChI is InChI=1S/C22H20N6O2S/c1-22(17-8-14(11-31-17)15-9-26-18(23)10-25-15)19(20(29)28(2)21(24)27-22)13-3-4-16-12(7-13)5-6-30-16/h3-11,19H,1-2H3,(H2,23,26)(H2,24,27)/t19-,22-/m1/s1. The second-order valence-electron chi connectivity index (χ2n) is 7.69. The summed E-state index contributed by atoms with van der Waals surface area (Å²) in [7, 11) is 1.65. The van der Waals surface area contributed by atoms with Crippen LogP contribution < -0.4 is 11.5 Å². The topological polar surface area (TPSA) is 124 Å². The van der Waals surface area contributed by atoms with E-state index < -0.39 is 11.5 Å². The zero-order chi connectivity index (χ0) is 21.8. The first kappa shape index (κ1) is 19.3. The van der Waals surface area contributed by atoms with Crippen molar-refractivity contribution < 1.29 is 9.21 Å². The Morgan fingerprint density at radius 3 is 2.77 bits per heavy atom. The van der Waals surface area contributed by atoms with Crippen LogP contribution in [0.2, 0.25) is 0 Å². The summed E-state index contributed by atoms with van der Waals surface area (Å²) in [4.78, 5) is 29.0. The highest BCUT2D eigenvalue weighted by atomic mass is 32.1. The van der Waals surface area contributed by atoms with E-state index in [4.69, 9.17) is 20.9 Å². The number of fused-ring (bicyclic) bond motifs is 1. The number of thiophene rings is 1. The Labute approximate surface area is 182 Å². The molecule has 0 unspecified atom stereocenters. The molecule has 0 radical (unpaired) electrons. The predicted octanol–water partition coefficient (Wildman–Crippen LogP) is 3.32. The number of amides is 1. The number of furan rings is 1. The smallest absolute Gasteiger partial charge is 0.239 e. The van der Waals surface area contributed by atoms with E-state index >= 15 is 0 Å². The lowest BCUT2D eigenvalue weighted by Crippen LogP contribution is -2.52. The van der Waals surface area contributed by atoms with Gasteiger partial charge in [-0.25, -0.2) is 9.98 Å². The minimum absolute atomic E-state index is 0.111. The van der Waals surface area contributed by atoms with Crippen LogP contribution in [-0.2, 0) is 10.3 Å². The van der Waals surface area contributed by atoms with Gasteiger partial charge in [0.2, 0.25) is 5.91 Å². The van der Waals surface area contributed by atoms with E-state index in [1.807, 2.05) is 42.6 Å². The zero-order valence-corrected chi connectivity index (χ0v) is 17.8. The van der Waals surface area contributed by atoms with Crippen molar-refractivity contribution in [1.82, 2.24) is 14.9 Å². The number of hydrogen-bond donors (Lipinski definition) is 2. The number of carbonyl (C=O) groups excluding carboxylic acids is 1. The van der Waals surface area contributed by atoms with E-state index in [1.54, 1.807) is 19.5 Å². The average Bonchev–Trinajstić information content (AvgIpc) is 3.42. The Kier molecular flexibility index (Phi) is 4.30. The quantitative estimate of drug-likeness (QED) is 0.512. The van der Waals surface area contributed by atoms with Crippen molar-refractivity contribution in [2.24, 2.45) is 10.7 Å². The largest absolute Gasteiger partial charge is 0.464 e. The van der Waals surface area contributed by atoms with Gasteiger partial charge in [-0.05, 0) is 36.8 Å². The molecule has 0 bridgehead atoms. The van der Waals surface area contributed by atoms with Crippen LogP contribution in [0, 0.1) is 0 Å². The van der Waals surface area contributed by atoms with Gasteiger partial charge in [-0.3, -0.25) is 14.7 Å². The Morgan fingerprint density at radius 2 is 2.00 bits per heavy atom. The van der Waals surface area contributed by atoms with Gasteiger partial charge in [0, 0.05) is 28.3 Å². The molecular weight excluding hydrogens is 412 g/mol. The number of nitrogens with two attached hydrogens (primary N) is 2. The van der Waals surface area contributed by atoms with Crippen molar-refractivity contribution >= 4 is 40.0 Å². The van der Waals surface area contributed by atoms with Gasteiger partial charge in [-0.15, -0.1) is 11.3 Å². The van der Waals surface area contributed by atoms with Crippen molar-refractivity contribution in [3.05, 3.63) is 64.8 Å². The van der Waals surface area contributed by atoms with Gasteiger partial charge < -0.3 is 15.9 Å². The first-order valence-electron chi connectivity index (χ1n) is 9.64. The van der Waals surface area contributed by atoms with Crippen LogP contribution in [-0.4, -0.2) is 33.8 Å².